The highest BCUT2D eigenvalue weighted by molar-refractivity contribution is 5.47. The van der Waals surface area contributed by atoms with Crippen LogP contribution in [0.5, 0.6) is 0 Å². The second-order valence-electron chi connectivity index (χ2n) is 4.43. The summed E-state index contributed by atoms with van der Waals surface area (Å²) in [6.45, 7) is 4.56. The van der Waals surface area contributed by atoms with Gasteiger partial charge in [-0.3, -0.25) is 0 Å². The molecule has 6 nitrogen and oxygen atoms in total. The largest absolute Gasteiger partial charge is 0.338 e. The lowest BCUT2D eigenvalue weighted by molar-refractivity contribution is 0.291. The highest BCUT2D eigenvalue weighted by Crippen LogP contribution is 2.26. The van der Waals surface area contributed by atoms with Gasteiger partial charge in [-0.25, -0.2) is 4.98 Å². The van der Waals surface area contributed by atoms with Crippen molar-refractivity contribution >= 4 is 0 Å². The van der Waals surface area contributed by atoms with Crippen LogP contribution in [-0.4, -0.2) is 26.2 Å². The van der Waals surface area contributed by atoms with Crippen LogP contribution in [0.1, 0.15) is 26.2 Å². The Hall–Kier alpha value is -1.69. The normalized spacial score (nSPS) is 14.8. The van der Waals surface area contributed by atoms with Crippen molar-refractivity contribution < 1.29 is 4.52 Å². The molecule has 0 radical (unpaired) electrons. The number of aromatic nitrogens is 4. The fraction of sp³-hybridized carbons (Fsp3) is 0.545. The monoisotopic (exact) mass is 235 g/mol. The summed E-state index contributed by atoms with van der Waals surface area (Å²) >= 11 is 0. The van der Waals surface area contributed by atoms with Gasteiger partial charge in [-0.05, 0) is 13.3 Å². The molecular formula is C11H17N5O. The molecule has 0 fully saturated rings. The van der Waals surface area contributed by atoms with E-state index in [9.17, 15) is 0 Å². The molecule has 2 aromatic heterocycles. The predicted octanol–water partition coefficient (Wildman–Crippen LogP) is 1.10. The molecular weight excluding hydrogens is 218 g/mol. The lowest BCUT2D eigenvalue weighted by Crippen LogP contribution is -2.31. The van der Waals surface area contributed by atoms with E-state index in [1.165, 1.54) is 0 Å². The highest BCUT2D eigenvalue weighted by Gasteiger charge is 2.30. The molecule has 0 spiro atoms. The average molecular weight is 235 g/mol. The van der Waals surface area contributed by atoms with Crippen LogP contribution in [0.2, 0.25) is 0 Å². The Balaban J connectivity index is 2.37. The molecule has 2 rings (SSSR count). The van der Waals surface area contributed by atoms with Crippen molar-refractivity contribution in [2.24, 2.45) is 12.8 Å². The van der Waals surface area contributed by atoms with Crippen LogP contribution in [-0.2, 0) is 12.5 Å². The van der Waals surface area contributed by atoms with Crippen molar-refractivity contribution in [3.05, 3.63) is 18.4 Å². The number of hydrogen-bond acceptors (Lipinski definition) is 5. The van der Waals surface area contributed by atoms with E-state index in [2.05, 4.69) is 22.0 Å². The molecule has 17 heavy (non-hydrogen) atoms. The Morgan fingerprint density at radius 2 is 2.29 bits per heavy atom. The third-order valence-electron chi connectivity index (χ3n) is 3.22. The molecule has 6 heteroatoms. The summed E-state index contributed by atoms with van der Waals surface area (Å²) < 4.78 is 7.16. The zero-order valence-corrected chi connectivity index (χ0v) is 10.3. The van der Waals surface area contributed by atoms with Gasteiger partial charge in [0.05, 0.1) is 17.9 Å². The number of imidazole rings is 1. The number of rotatable bonds is 4. The number of nitrogens with two attached hydrogens (primary N) is 1. The second kappa shape index (κ2) is 4.29. The minimum atomic E-state index is -0.260. The maximum atomic E-state index is 5.76. The third-order valence-corrected chi connectivity index (χ3v) is 3.22. The Labute approximate surface area is 99.8 Å². The Bertz CT molecular complexity index is 497. The fourth-order valence-corrected chi connectivity index (χ4v) is 1.53. The number of aryl methyl sites for hydroxylation is 1. The summed E-state index contributed by atoms with van der Waals surface area (Å²) in [7, 11) is 1.89. The Kier molecular flexibility index (Phi) is 2.97. The maximum absolute atomic E-state index is 5.76. The van der Waals surface area contributed by atoms with Gasteiger partial charge in [0, 0.05) is 13.6 Å². The van der Waals surface area contributed by atoms with Crippen molar-refractivity contribution in [1.82, 2.24) is 19.7 Å². The zero-order valence-electron chi connectivity index (χ0n) is 10.3. The van der Waals surface area contributed by atoms with Crippen LogP contribution in [0.3, 0.4) is 0 Å². The SMILES string of the molecule is CCC(C)(CN)c1nc(-c2cncn2C)no1. The summed E-state index contributed by atoms with van der Waals surface area (Å²) in [5.41, 5.74) is 6.33. The van der Waals surface area contributed by atoms with Crippen molar-refractivity contribution in [3.63, 3.8) is 0 Å². The van der Waals surface area contributed by atoms with Gasteiger partial charge in [-0.1, -0.05) is 12.1 Å². The first-order valence-electron chi connectivity index (χ1n) is 5.61. The number of nitrogens with zero attached hydrogens (tertiary/aromatic N) is 4. The molecule has 0 aliphatic rings. The van der Waals surface area contributed by atoms with E-state index in [0.29, 0.717) is 18.3 Å². The molecule has 0 saturated heterocycles. The summed E-state index contributed by atoms with van der Waals surface area (Å²) in [6, 6.07) is 0. The minimum absolute atomic E-state index is 0.260. The lowest BCUT2D eigenvalue weighted by atomic mass is 9.88. The molecule has 0 aromatic carbocycles. The van der Waals surface area contributed by atoms with Gasteiger partial charge < -0.3 is 14.8 Å². The van der Waals surface area contributed by atoms with Crippen LogP contribution in [0.15, 0.2) is 17.0 Å². The smallest absolute Gasteiger partial charge is 0.234 e. The van der Waals surface area contributed by atoms with E-state index in [0.717, 1.165) is 12.1 Å². The summed E-state index contributed by atoms with van der Waals surface area (Å²) in [5.74, 6) is 1.13. The highest BCUT2D eigenvalue weighted by atomic mass is 16.5. The van der Waals surface area contributed by atoms with Crippen molar-refractivity contribution in [3.8, 4) is 11.5 Å². The van der Waals surface area contributed by atoms with E-state index < -0.39 is 0 Å². The van der Waals surface area contributed by atoms with E-state index >= 15 is 0 Å². The fourth-order valence-electron chi connectivity index (χ4n) is 1.53. The van der Waals surface area contributed by atoms with E-state index in [1.54, 1.807) is 12.5 Å². The first-order valence-corrected chi connectivity index (χ1v) is 5.61. The average Bonchev–Trinajstić information content (AvgIpc) is 2.96. The van der Waals surface area contributed by atoms with Gasteiger partial charge in [-0.2, -0.15) is 4.98 Å². The van der Waals surface area contributed by atoms with Gasteiger partial charge in [0.1, 0.15) is 5.69 Å². The van der Waals surface area contributed by atoms with E-state index in [1.807, 2.05) is 18.5 Å². The molecule has 2 aromatic rings. The van der Waals surface area contributed by atoms with Gasteiger partial charge in [0.2, 0.25) is 11.7 Å². The lowest BCUT2D eigenvalue weighted by Gasteiger charge is -2.20. The molecule has 0 aliphatic carbocycles. The number of hydrogen-bond donors (Lipinski definition) is 1. The summed E-state index contributed by atoms with van der Waals surface area (Å²) in [5, 5.41) is 3.98. The summed E-state index contributed by atoms with van der Waals surface area (Å²) in [6.07, 6.45) is 4.27. The van der Waals surface area contributed by atoms with Gasteiger partial charge >= 0.3 is 0 Å². The summed E-state index contributed by atoms with van der Waals surface area (Å²) in [4.78, 5) is 8.44. The van der Waals surface area contributed by atoms with Crippen molar-refractivity contribution in [2.45, 2.75) is 25.7 Å². The zero-order chi connectivity index (χ0) is 12.5. The molecule has 1 unspecified atom stereocenters. The molecule has 2 N–H and O–H groups in total. The van der Waals surface area contributed by atoms with Crippen LogP contribution in [0, 0.1) is 0 Å². The van der Waals surface area contributed by atoms with E-state index in [-0.39, 0.29) is 5.41 Å². The molecule has 1 atom stereocenters. The standard InChI is InChI=1S/C11H17N5O/c1-4-11(2,6-12)10-14-9(15-17-10)8-5-13-7-16(8)3/h5,7H,4,6,12H2,1-3H3. The Morgan fingerprint density at radius 1 is 1.53 bits per heavy atom. The molecule has 0 bridgehead atoms. The van der Waals surface area contributed by atoms with Crippen LogP contribution >= 0.6 is 0 Å². The third kappa shape index (κ3) is 1.95. The van der Waals surface area contributed by atoms with Crippen LogP contribution < -0.4 is 5.73 Å². The quantitative estimate of drug-likeness (QED) is 0.857. The van der Waals surface area contributed by atoms with Crippen LogP contribution in [0.4, 0.5) is 0 Å². The van der Waals surface area contributed by atoms with Gasteiger partial charge in [-0.15, -0.1) is 0 Å². The van der Waals surface area contributed by atoms with Gasteiger partial charge in [0.25, 0.3) is 0 Å². The molecule has 92 valence electrons. The topological polar surface area (TPSA) is 82.8 Å². The predicted molar refractivity (Wildman–Crippen MR) is 63.2 cm³/mol. The van der Waals surface area contributed by atoms with Gasteiger partial charge in [0.15, 0.2) is 0 Å². The maximum Gasteiger partial charge on any atom is 0.234 e. The van der Waals surface area contributed by atoms with Crippen molar-refractivity contribution in [1.29, 1.82) is 0 Å². The molecule has 0 amide bonds. The first-order chi connectivity index (χ1) is 8.10. The molecule has 0 aliphatic heterocycles. The van der Waals surface area contributed by atoms with Crippen LogP contribution in [0.25, 0.3) is 11.5 Å². The minimum Gasteiger partial charge on any atom is -0.338 e. The van der Waals surface area contributed by atoms with Crippen molar-refractivity contribution in [2.75, 3.05) is 6.54 Å². The Morgan fingerprint density at radius 3 is 2.82 bits per heavy atom. The molecule has 2 heterocycles. The van der Waals surface area contributed by atoms with E-state index in [4.69, 9.17) is 10.3 Å². The first kappa shape index (κ1) is 11.8. The second-order valence-corrected chi connectivity index (χ2v) is 4.43. The molecule has 0 saturated carbocycles.